The molecule has 1 aromatic carbocycles. The number of guanidine groups is 1. The zero-order valence-electron chi connectivity index (χ0n) is 19.5. The average Bonchev–Trinajstić information content (AvgIpc) is 3.41. The summed E-state index contributed by atoms with van der Waals surface area (Å²) in [6.45, 7) is 7.54. The lowest BCUT2D eigenvalue weighted by Crippen LogP contribution is -2.50. The molecule has 0 radical (unpaired) electrons. The van der Waals surface area contributed by atoms with Crippen molar-refractivity contribution in [3.05, 3.63) is 23.8 Å². The number of aliphatic imine (C=N–C) groups is 1. The molecule has 2 amide bonds. The van der Waals surface area contributed by atoms with Gasteiger partial charge in [0.25, 0.3) is 0 Å². The van der Waals surface area contributed by atoms with Gasteiger partial charge >= 0.3 is 6.36 Å². The zero-order chi connectivity index (χ0) is 25.1. The van der Waals surface area contributed by atoms with Crippen molar-refractivity contribution in [1.29, 1.82) is 0 Å². The molecule has 0 saturated heterocycles. The highest BCUT2D eigenvalue weighted by Gasteiger charge is 2.48. The molecule has 2 aliphatic heterocycles. The maximum absolute atomic E-state index is 13.0. The molecule has 8 nitrogen and oxygen atoms in total. The van der Waals surface area contributed by atoms with Crippen LogP contribution in [0.5, 0.6) is 11.5 Å². The lowest BCUT2D eigenvalue weighted by atomic mass is 9.89. The number of rotatable bonds is 5. The Morgan fingerprint density at radius 1 is 1.32 bits per heavy atom. The van der Waals surface area contributed by atoms with Gasteiger partial charge in [0.05, 0.1) is 23.6 Å². The number of alkyl halides is 3. The van der Waals surface area contributed by atoms with Gasteiger partial charge < -0.3 is 20.5 Å². The summed E-state index contributed by atoms with van der Waals surface area (Å²) in [7, 11) is 0. The second-order valence-corrected chi connectivity index (χ2v) is 10.4. The predicted octanol–water partition coefficient (Wildman–Crippen LogP) is 3.27. The van der Waals surface area contributed by atoms with Crippen molar-refractivity contribution >= 4 is 17.8 Å². The van der Waals surface area contributed by atoms with Gasteiger partial charge in [-0.2, -0.15) is 0 Å². The number of amides is 2. The van der Waals surface area contributed by atoms with E-state index in [9.17, 15) is 22.8 Å². The van der Waals surface area contributed by atoms with Crippen molar-refractivity contribution in [2.24, 2.45) is 22.6 Å². The molecule has 4 rings (SSSR count). The van der Waals surface area contributed by atoms with Gasteiger partial charge in [0.1, 0.15) is 17.1 Å². The Labute approximate surface area is 195 Å². The van der Waals surface area contributed by atoms with Crippen molar-refractivity contribution in [3.63, 3.8) is 0 Å². The molecule has 0 bridgehead atoms. The van der Waals surface area contributed by atoms with Crippen molar-refractivity contribution in [2.75, 3.05) is 6.54 Å². The van der Waals surface area contributed by atoms with E-state index < -0.39 is 29.3 Å². The van der Waals surface area contributed by atoms with Crippen LogP contribution in [0.3, 0.4) is 0 Å². The summed E-state index contributed by atoms with van der Waals surface area (Å²) < 4.78 is 49.0. The molecule has 186 valence electrons. The highest BCUT2D eigenvalue weighted by molar-refractivity contribution is 5.99. The molecular weight excluding hydrogens is 453 g/mol. The van der Waals surface area contributed by atoms with Gasteiger partial charge in [0, 0.05) is 18.9 Å². The summed E-state index contributed by atoms with van der Waals surface area (Å²) >= 11 is 0. The van der Waals surface area contributed by atoms with Gasteiger partial charge in [0.2, 0.25) is 11.8 Å². The molecule has 1 aliphatic carbocycles. The maximum Gasteiger partial charge on any atom is 0.573 e. The normalized spacial score (nSPS) is 27.3. The fraction of sp³-hybridized carbons (Fsp3) is 0.609. The first-order chi connectivity index (χ1) is 15.6. The van der Waals surface area contributed by atoms with Gasteiger partial charge in [-0.15, -0.1) is 13.2 Å². The van der Waals surface area contributed by atoms with Crippen LogP contribution in [-0.4, -0.2) is 46.7 Å². The predicted molar refractivity (Wildman–Crippen MR) is 117 cm³/mol. The number of benzene rings is 1. The lowest BCUT2D eigenvalue weighted by Gasteiger charge is -2.38. The number of fused-ring (bicyclic) bond motifs is 1. The van der Waals surface area contributed by atoms with E-state index in [4.69, 9.17) is 10.5 Å². The first kappa shape index (κ1) is 24.2. The topological polar surface area (TPSA) is 106 Å². The highest BCUT2D eigenvalue weighted by atomic mass is 19.4. The molecule has 3 atom stereocenters. The van der Waals surface area contributed by atoms with E-state index in [1.807, 2.05) is 13.8 Å². The van der Waals surface area contributed by atoms with Crippen molar-refractivity contribution in [1.82, 2.24) is 10.2 Å². The van der Waals surface area contributed by atoms with Crippen molar-refractivity contribution in [2.45, 2.75) is 70.5 Å². The summed E-state index contributed by atoms with van der Waals surface area (Å²) in [5.74, 6) is -0.932. The van der Waals surface area contributed by atoms with Crippen LogP contribution in [0.2, 0.25) is 0 Å². The number of carbonyl (C=O) groups is 2. The van der Waals surface area contributed by atoms with Crippen LogP contribution in [0.4, 0.5) is 13.2 Å². The minimum atomic E-state index is -4.88. The maximum atomic E-state index is 13.0. The van der Waals surface area contributed by atoms with Crippen LogP contribution in [0.25, 0.3) is 0 Å². The van der Waals surface area contributed by atoms with E-state index in [0.29, 0.717) is 6.42 Å². The monoisotopic (exact) mass is 482 g/mol. The summed E-state index contributed by atoms with van der Waals surface area (Å²) in [6, 6.07) is 3.46. The van der Waals surface area contributed by atoms with E-state index >= 15 is 0 Å². The fourth-order valence-electron chi connectivity index (χ4n) is 4.71. The molecule has 0 spiro atoms. The van der Waals surface area contributed by atoms with E-state index in [2.05, 4.69) is 15.0 Å². The quantitative estimate of drug-likeness (QED) is 0.670. The van der Waals surface area contributed by atoms with E-state index in [1.54, 1.807) is 19.9 Å². The van der Waals surface area contributed by atoms with Crippen molar-refractivity contribution < 1.29 is 32.2 Å². The van der Waals surface area contributed by atoms with Crippen LogP contribution >= 0.6 is 0 Å². The number of nitrogens with zero attached hydrogens (tertiary/aromatic N) is 2. The second kappa shape index (κ2) is 8.06. The third-order valence-electron chi connectivity index (χ3n) is 6.25. The number of ether oxygens (including phenoxy) is 2. The number of nitrogens with one attached hydrogen (secondary N) is 1. The summed E-state index contributed by atoms with van der Waals surface area (Å²) in [6.07, 6.45) is -3.84. The summed E-state index contributed by atoms with van der Waals surface area (Å²) in [4.78, 5) is 31.3. The zero-order valence-corrected chi connectivity index (χ0v) is 19.5. The molecular formula is C23H29F3N4O4. The minimum Gasteiger partial charge on any atom is -0.487 e. The van der Waals surface area contributed by atoms with Crippen LogP contribution in [0.15, 0.2) is 23.2 Å². The molecule has 34 heavy (non-hydrogen) atoms. The number of hydrogen-bond donors (Lipinski definition) is 2. The van der Waals surface area contributed by atoms with Crippen molar-refractivity contribution in [3.8, 4) is 11.5 Å². The SMILES string of the molecule is CC1(C)CC(=O)N(C[C@H]2C[C@@H]2C(=O)N[C@H]2CC(C)(C)Oc3cccc(OC(F)(F)F)c32)C(N)=N1. The minimum absolute atomic E-state index is 0.104. The molecule has 0 aromatic heterocycles. The Bertz CT molecular complexity index is 1040. The van der Waals surface area contributed by atoms with Crippen LogP contribution in [0.1, 0.15) is 58.6 Å². The first-order valence-electron chi connectivity index (χ1n) is 11.2. The number of nitrogens with two attached hydrogens (primary N) is 1. The number of hydrogen-bond acceptors (Lipinski definition) is 6. The Morgan fingerprint density at radius 3 is 2.68 bits per heavy atom. The van der Waals surface area contributed by atoms with Gasteiger partial charge in [-0.05, 0) is 52.2 Å². The molecule has 1 aromatic rings. The average molecular weight is 483 g/mol. The van der Waals surface area contributed by atoms with Gasteiger partial charge in [-0.3, -0.25) is 14.5 Å². The standard InChI is InChI=1S/C23H29F3N4O4/c1-21(2)10-17(31)30(20(27)29-21)11-12-8-13(12)19(32)28-14-9-22(3,4)33-15-6-5-7-16(18(14)15)34-23(24,25)26/h5-7,12-14H,8-11H2,1-4H3,(H2,27,29)(H,28,32)/t12-,13+,14+/m1/s1. The van der Waals surface area contributed by atoms with Crippen LogP contribution in [-0.2, 0) is 9.59 Å². The third kappa shape index (κ3) is 5.23. The molecule has 1 fully saturated rings. The van der Waals surface area contributed by atoms with E-state index in [-0.39, 0.29) is 60.3 Å². The fourth-order valence-corrected chi connectivity index (χ4v) is 4.71. The Kier molecular flexibility index (Phi) is 5.72. The highest BCUT2D eigenvalue weighted by Crippen LogP contribution is 2.47. The van der Waals surface area contributed by atoms with Gasteiger partial charge in [-0.1, -0.05) is 6.07 Å². The van der Waals surface area contributed by atoms with Gasteiger partial charge in [0.15, 0.2) is 5.96 Å². The molecule has 2 heterocycles. The summed E-state index contributed by atoms with van der Waals surface area (Å²) in [5.41, 5.74) is 4.87. The van der Waals surface area contributed by atoms with Gasteiger partial charge in [-0.25, -0.2) is 4.99 Å². The second-order valence-electron chi connectivity index (χ2n) is 10.4. The Balaban J connectivity index is 1.48. The van der Waals surface area contributed by atoms with Crippen LogP contribution < -0.4 is 20.5 Å². The third-order valence-corrected chi connectivity index (χ3v) is 6.25. The molecule has 0 unspecified atom stereocenters. The molecule has 3 aliphatic rings. The number of carbonyl (C=O) groups excluding carboxylic acids is 2. The van der Waals surface area contributed by atoms with E-state index in [0.717, 1.165) is 0 Å². The molecule has 11 heteroatoms. The Hall–Kier alpha value is -2.98. The molecule has 3 N–H and O–H groups in total. The largest absolute Gasteiger partial charge is 0.573 e. The van der Waals surface area contributed by atoms with E-state index in [1.165, 1.54) is 17.0 Å². The smallest absolute Gasteiger partial charge is 0.487 e. The van der Waals surface area contributed by atoms with Crippen LogP contribution in [0, 0.1) is 11.8 Å². The lowest BCUT2D eigenvalue weighted by molar-refractivity contribution is -0.275. The Morgan fingerprint density at radius 2 is 2.03 bits per heavy atom. The molecule has 1 saturated carbocycles. The first-order valence-corrected chi connectivity index (χ1v) is 11.2. The number of halogens is 3. The summed E-state index contributed by atoms with van der Waals surface area (Å²) in [5, 5.41) is 2.89.